The van der Waals surface area contributed by atoms with E-state index in [1.165, 1.54) is 5.56 Å². The Morgan fingerprint density at radius 3 is 2.79 bits per heavy atom. The Morgan fingerprint density at radius 2 is 2.05 bits per heavy atom. The van der Waals surface area contributed by atoms with Crippen LogP contribution in [0.4, 0.5) is 5.82 Å². The summed E-state index contributed by atoms with van der Waals surface area (Å²) in [5.41, 5.74) is 10.8. The lowest BCUT2D eigenvalue weighted by molar-refractivity contribution is 0.515. The Hall–Kier alpha value is -2.34. The summed E-state index contributed by atoms with van der Waals surface area (Å²) in [6, 6.07) is 12.3. The van der Waals surface area contributed by atoms with E-state index in [2.05, 4.69) is 43.1 Å². The molecule has 3 heteroatoms. The lowest BCUT2D eigenvalue weighted by Crippen LogP contribution is -2.26. The van der Waals surface area contributed by atoms with Gasteiger partial charge in [-0.05, 0) is 29.0 Å². The van der Waals surface area contributed by atoms with Crippen molar-refractivity contribution in [2.45, 2.75) is 25.7 Å². The highest BCUT2D eigenvalue weighted by Gasteiger charge is 2.31. The number of hydrogen-bond acceptors (Lipinski definition) is 3. The average Bonchev–Trinajstić information content (AvgIpc) is 2.39. The van der Waals surface area contributed by atoms with Crippen molar-refractivity contribution >= 4 is 5.82 Å². The smallest absolute Gasteiger partial charge is 0.142 e. The van der Waals surface area contributed by atoms with Gasteiger partial charge in [-0.3, -0.25) is 0 Å². The number of rotatable bonds is 0. The molecule has 1 aliphatic carbocycles. The minimum atomic E-state index is 0.0497. The first kappa shape index (κ1) is 11.7. The van der Waals surface area contributed by atoms with Crippen molar-refractivity contribution in [2.75, 3.05) is 5.73 Å². The summed E-state index contributed by atoms with van der Waals surface area (Å²) < 4.78 is 0. The molecule has 94 valence electrons. The summed E-state index contributed by atoms with van der Waals surface area (Å²) in [5.74, 6) is 0.316. The molecule has 0 bridgehead atoms. The molecule has 1 aromatic carbocycles. The van der Waals surface area contributed by atoms with E-state index in [0.717, 1.165) is 23.2 Å². The zero-order valence-electron chi connectivity index (χ0n) is 11.1. The van der Waals surface area contributed by atoms with Gasteiger partial charge in [0.25, 0.3) is 0 Å². The number of aromatic nitrogens is 1. The fourth-order valence-corrected chi connectivity index (χ4v) is 2.88. The minimum Gasteiger partial charge on any atom is -0.383 e. The van der Waals surface area contributed by atoms with E-state index in [1.54, 1.807) is 0 Å². The first-order valence-corrected chi connectivity index (χ1v) is 6.32. The molecule has 2 aromatic rings. The second-order valence-electron chi connectivity index (χ2n) is 5.65. The van der Waals surface area contributed by atoms with Gasteiger partial charge in [0.15, 0.2) is 0 Å². The van der Waals surface area contributed by atoms with Crippen LogP contribution in [0.25, 0.3) is 11.3 Å². The summed E-state index contributed by atoms with van der Waals surface area (Å²) in [6.07, 6.45) is 0.876. The van der Waals surface area contributed by atoms with E-state index in [-0.39, 0.29) is 5.41 Å². The zero-order chi connectivity index (χ0) is 13.6. The first-order chi connectivity index (χ1) is 9.03. The minimum absolute atomic E-state index is 0.0497. The molecular formula is C16H15N3. The normalized spacial score (nSPS) is 15.2. The van der Waals surface area contributed by atoms with E-state index in [9.17, 15) is 0 Å². The van der Waals surface area contributed by atoms with Gasteiger partial charge in [-0.25, -0.2) is 4.98 Å². The molecule has 1 heterocycles. The second kappa shape index (κ2) is 3.83. The number of nitriles is 1. The maximum absolute atomic E-state index is 9.08. The average molecular weight is 249 g/mol. The molecule has 1 aromatic heterocycles. The summed E-state index contributed by atoms with van der Waals surface area (Å²) in [6.45, 7) is 4.44. The number of nitrogens with zero attached hydrogens (tertiary/aromatic N) is 2. The largest absolute Gasteiger partial charge is 0.383 e. The highest BCUT2D eigenvalue weighted by Crippen LogP contribution is 2.42. The van der Waals surface area contributed by atoms with E-state index >= 15 is 0 Å². The fraction of sp³-hybridized carbons (Fsp3) is 0.250. The molecule has 0 spiro atoms. The number of anilines is 1. The van der Waals surface area contributed by atoms with E-state index in [4.69, 9.17) is 11.0 Å². The van der Waals surface area contributed by atoms with Gasteiger partial charge in [0.1, 0.15) is 11.9 Å². The maximum atomic E-state index is 9.08. The summed E-state index contributed by atoms with van der Waals surface area (Å²) in [4.78, 5) is 4.45. The molecule has 3 rings (SSSR count). The van der Waals surface area contributed by atoms with Crippen molar-refractivity contribution in [2.24, 2.45) is 0 Å². The molecule has 2 N–H and O–H groups in total. The van der Waals surface area contributed by atoms with Crippen LogP contribution in [-0.4, -0.2) is 4.98 Å². The number of benzene rings is 1. The Kier molecular flexibility index (Phi) is 2.36. The third kappa shape index (κ3) is 1.68. The predicted molar refractivity (Wildman–Crippen MR) is 75.5 cm³/mol. The van der Waals surface area contributed by atoms with Crippen LogP contribution in [0.5, 0.6) is 0 Å². The van der Waals surface area contributed by atoms with Gasteiger partial charge < -0.3 is 5.73 Å². The summed E-state index contributed by atoms with van der Waals surface area (Å²) in [5, 5.41) is 9.08. The van der Waals surface area contributed by atoms with Gasteiger partial charge >= 0.3 is 0 Å². The molecule has 0 atom stereocenters. The summed E-state index contributed by atoms with van der Waals surface area (Å²) in [7, 11) is 0. The second-order valence-corrected chi connectivity index (χ2v) is 5.65. The first-order valence-electron chi connectivity index (χ1n) is 6.32. The topological polar surface area (TPSA) is 62.7 Å². The van der Waals surface area contributed by atoms with Crippen molar-refractivity contribution in [3.05, 3.63) is 47.0 Å². The number of nitrogens with two attached hydrogens (primary N) is 1. The number of hydrogen-bond donors (Lipinski definition) is 1. The monoisotopic (exact) mass is 249 g/mol. The quantitative estimate of drug-likeness (QED) is 0.780. The lowest BCUT2D eigenvalue weighted by Gasteiger charge is -2.33. The van der Waals surface area contributed by atoms with Crippen LogP contribution in [0, 0.1) is 11.3 Å². The summed E-state index contributed by atoms with van der Waals surface area (Å²) >= 11 is 0. The van der Waals surface area contributed by atoms with Gasteiger partial charge in [0.05, 0.1) is 11.3 Å². The molecular weight excluding hydrogens is 234 g/mol. The van der Waals surface area contributed by atoms with Crippen molar-refractivity contribution in [3.8, 4) is 17.3 Å². The highest BCUT2D eigenvalue weighted by molar-refractivity contribution is 5.74. The van der Waals surface area contributed by atoms with E-state index < -0.39 is 0 Å². The lowest BCUT2D eigenvalue weighted by atomic mass is 9.71. The predicted octanol–water partition coefficient (Wildman–Crippen LogP) is 3.04. The SMILES string of the molecule is CC1(C)Cc2cc(C#N)c(N)nc2-c2ccccc21. The third-order valence-corrected chi connectivity index (χ3v) is 3.80. The standard InChI is InChI=1S/C16H15N3/c1-16(2)8-10-7-11(9-17)15(18)19-14(10)12-5-3-4-6-13(12)16/h3-7H,8H2,1-2H3,(H2,18,19). The van der Waals surface area contributed by atoms with Crippen molar-refractivity contribution in [1.29, 1.82) is 5.26 Å². The molecule has 1 aliphatic rings. The van der Waals surface area contributed by atoms with Crippen LogP contribution in [0.3, 0.4) is 0 Å². The Morgan fingerprint density at radius 1 is 1.32 bits per heavy atom. The Balaban J connectivity index is 2.33. The van der Waals surface area contributed by atoms with Crippen molar-refractivity contribution in [3.63, 3.8) is 0 Å². The molecule has 3 nitrogen and oxygen atoms in total. The van der Waals surface area contributed by atoms with Crippen LogP contribution >= 0.6 is 0 Å². The molecule has 0 radical (unpaired) electrons. The maximum Gasteiger partial charge on any atom is 0.142 e. The van der Waals surface area contributed by atoms with Gasteiger partial charge in [-0.2, -0.15) is 5.26 Å². The van der Waals surface area contributed by atoms with Crippen LogP contribution in [0.1, 0.15) is 30.5 Å². The zero-order valence-corrected chi connectivity index (χ0v) is 11.1. The number of pyridine rings is 1. The van der Waals surface area contributed by atoms with E-state index in [0.29, 0.717) is 11.4 Å². The Bertz CT molecular complexity index is 708. The molecule has 0 unspecified atom stereocenters. The van der Waals surface area contributed by atoms with Crippen molar-refractivity contribution < 1.29 is 0 Å². The molecule has 0 saturated carbocycles. The van der Waals surface area contributed by atoms with Crippen LogP contribution < -0.4 is 5.73 Å². The van der Waals surface area contributed by atoms with Gasteiger partial charge in [0.2, 0.25) is 0 Å². The third-order valence-electron chi connectivity index (χ3n) is 3.80. The fourth-order valence-electron chi connectivity index (χ4n) is 2.88. The Labute approximate surface area is 112 Å². The van der Waals surface area contributed by atoms with Crippen LogP contribution in [0.2, 0.25) is 0 Å². The van der Waals surface area contributed by atoms with Gasteiger partial charge in [0, 0.05) is 5.56 Å². The molecule has 19 heavy (non-hydrogen) atoms. The highest BCUT2D eigenvalue weighted by atomic mass is 14.9. The molecule has 0 amide bonds. The molecule has 0 aliphatic heterocycles. The van der Waals surface area contributed by atoms with Gasteiger partial charge in [-0.1, -0.05) is 38.1 Å². The van der Waals surface area contributed by atoms with Crippen molar-refractivity contribution in [1.82, 2.24) is 4.98 Å². The van der Waals surface area contributed by atoms with E-state index in [1.807, 2.05) is 12.1 Å². The van der Waals surface area contributed by atoms with Gasteiger partial charge in [-0.15, -0.1) is 0 Å². The number of fused-ring (bicyclic) bond motifs is 3. The van der Waals surface area contributed by atoms with Crippen LogP contribution in [0.15, 0.2) is 30.3 Å². The molecule has 0 fully saturated rings. The number of nitrogen functional groups attached to an aromatic ring is 1. The molecule has 0 saturated heterocycles. The van der Waals surface area contributed by atoms with Crippen LogP contribution in [-0.2, 0) is 11.8 Å².